The molecule has 0 spiro atoms. The van der Waals surface area contributed by atoms with Gasteiger partial charge < -0.3 is 10.4 Å². The molecule has 2 N–H and O–H groups in total. The summed E-state index contributed by atoms with van der Waals surface area (Å²) in [6, 6.07) is 0.0612. The van der Waals surface area contributed by atoms with Crippen LogP contribution in [0.15, 0.2) is 0 Å². The molecule has 2 aliphatic heterocycles. The van der Waals surface area contributed by atoms with Gasteiger partial charge in [-0.2, -0.15) is 0 Å². The smallest absolute Gasteiger partial charge is 0.314 e. The quantitative estimate of drug-likeness (QED) is 0.569. The van der Waals surface area contributed by atoms with E-state index < -0.39 is 11.9 Å². The van der Waals surface area contributed by atoms with E-state index in [-0.39, 0.29) is 17.9 Å². The van der Waals surface area contributed by atoms with Gasteiger partial charge in [0.1, 0.15) is 5.92 Å². The molecule has 4 heteroatoms. The van der Waals surface area contributed by atoms with Gasteiger partial charge in [0.15, 0.2) is 5.78 Å². The van der Waals surface area contributed by atoms with Crippen LogP contribution >= 0.6 is 0 Å². The molecular formula is C9H13NO3. The van der Waals surface area contributed by atoms with Crippen LogP contribution in [-0.2, 0) is 9.59 Å². The summed E-state index contributed by atoms with van der Waals surface area (Å²) in [6.07, 6.45) is 3.33. The molecule has 0 aromatic carbocycles. The number of Topliss-reactive ketones (excluding diaryl/α,β-unsaturated/α-hetero) is 1. The minimum absolute atomic E-state index is 0.122. The Bertz CT molecular complexity index is 251. The normalized spacial score (nSPS) is 38.8. The molecule has 3 atom stereocenters. The first-order valence-electron chi connectivity index (χ1n) is 4.71. The first kappa shape index (κ1) is 8.69. The molecule has 0 aromatic rings. The Labute approximate surface area is 76.3 Å². The second kappa shape index (κ2) is 3.10. The van der Waals surface area contributed by atoms with E-state index >= 15 is 0 Å². The SMILES string of the molecule is O=C(O)C1CC2CCCC(N2)C1=O. The van der Waals surface area contributed by atoms with Gasteiger partial charge in [-0.05, 0) is 25.7 Å². The molecule has 2 rings (SSSR count). The maximum atomic E-state index is 11.5. The molecule has 4 nitrogen and oxygen atoms in total. The van der Waals surface area contributed by atoms with Crippen molar-refractivity contribution in [2.24, 2.45) is 5.92 Å². The monoisotopic (exact) mass is 183 g/mol. The second-order valence-electron chi connectivity index (χ2n) is 3.88. The van der Waals surface area contributed by atoms with Crippen LogP contribution in [0.2, 0.25) is 0 Å². The summed E-state index contributed by atoms with van der Waals surface area (Å²) < 4.78 is 0. The van der Waals surface area contributed by atoms with Gasteiger partial charge >= 0.3 is 5.97 Å². The van der Waals surface area contributed by atoms with Gasteiger partial charge in [0.2, 0.25) is 0 Å². The lowest BCUT2D eigenvalue weighted by Gasteiger charge is -2.37. The number of aliphatic carboxylic acids is 1. The van der Waals surface area contributed by atoms with Gasteiger partial charge in [-0.3, -0.25) is 9.59 Å². The largest absolute Gasteiger partial charge is 0.481 e. The average molecular weight is 183 g/mol. The van der Waals surface area contributed by atoms with Crippen LogP contribution < -0.4 is 5.32 Å². The molecule has 72 valence electrons. The van der Waals surface area contributed by atoms with E-state index in [1.54, 1.807) is 0 Å². The number of ketones is 1. The molecule has 2 saturated heterocycles. The summed E-state index contributed by atoms with van der Waals surface area (Å²) in [6.45, 7) is 0. The van der Waals surface area contributed by atoms with Crippen molar-refractivity contribution < 1.29 is 14.7 Å². The average Bonchev–Trinajstić information content (AvgIpc) is 2.12. The number of carboxylic acid groups (broad SMARTS) is 1. The van der Waals surface area contributed by atoms with Gasteiger partial charge in [-0.15, -0.1) is 0 Å². The molecule has 3 unspecified atom stereocenters. The Morgan fingerprint density at radius 3 is 2.92 bits per heavy atom. The Morgan fingerprint density at radius 2 is 2.23 bits per heavy atom. The third-order valence-corrected chi connectivity index (χ3v) is 2.99. The molecule has 0 amide bonds. The van der Waals surface area contributed by atoms with E-state index in [4.69, 9.17) is 5.11 Å². The Kier molecular flexibility index (Phi) is 2.07. The van der Waals surface area contributed by atoms with E-state index in [2.05, 4.69) is 5.32 Å². The van der Waals surface area contributed by atoms with Crippen molar-refractivity contribution in [1.82, 2.24) is 5.32 Å². The zero-order valence-corrected chi connectivity index (χ0v) is 7.32. The standard InChI is InChI=1S/C9H13NO3/c11-8-6(9(12)13)4-5-2-1-3-7(8)10-5/h5-7,10H,1-4H2,(H,12,13). The predicted molar refractivity (Wildman–Crippen MR) is 45.3 cm³/mol. The van der Waals surface area contributed by atoms with Crippen molar-refractivity contribution >= 4 is 11.8 Å². The van der Waals surface area contributed by atoms with Gasteiger partial charge in [-0.1, -0.05) is 0 Å². The summed E-state index contributed by atoms with van der Waals surface area (Å²) in [5, 5.41) is 12.0. The van der Waals surface area contributed by atoms with Crippen molar-refractivity contribution in [1.29, 1.82) is 0 Å². The third-order valence-electron chi connectivity index (χ3n) is 2.99. The highest BCUT2D eigenvalue weighted by Gasteiger charge is 2.41. The molecule has 0 aliphatic carbocycles. The lowest BCUT2D eigenvalue weighted by Crippen LogP contribution is -2.56. The first-order valence-corrected chi connectivity index (χ1v) is 4.71. The number of hydrogen-bond acceptors (Lipinski definition) is 3. The Hall–Kier alpha value is -0.900. The lowest BCUT2D eigenvalue weighted by atomic mass is 9.79. The molecule has 2 heterocycles. The molecular weight excluding hydrogens is 170 g/mol. The minimum atomic E-state index is -0.955. The van der Waals surface area contributed by atoms with Crippen molar-refractivity contribution in [2.75, 3.05) is 0 Å². The van der Waals surface area contributed by atoms with Crippen LogP contribution in [0, 0.1) is 5.92 Å². The highest BCUT2D eigenvalue weighted by molar-refractivity contribution is 6.01. The van der Waals surface area contributed by atoms with E-state index in [1.807, 2.05) is 0 Å². The second-order valence-corrected chi connectivity index (χ2v) is 3.88. The maximum Gasteiger partial charge on any atom is 0.314 e. The lowest BCUT2D eigenvalue weighted by molar-refractivity contribution is -0.149. The number of nitrogens with one attached hydrogen (secondary N) is 1. The topological polar surface area (TPSA) is 66.4 Å². The highest BCUT2D eigenvalue weighted by Crippen LogP contribution is 2.27. The van der Waals surface area contributed by atoms with Crippen molar-refractivity contribution in [3.8, 4) is 0 Å². The van der Waals surface area contributed by atoms with Crippen molar-refractivity contribution in [3.05, 3.63) is 0 Å². The summed E-state index contributed by atoms with van der Waals surface area (Å²) >= 11 is 0. The number of fused-ring (bicyclic) bond motifs is 2. The number of carbonyl (C=O) groups is 2. The van der Waals surface area contributed by atoms with Gasteiger partial charge in [0.05, 0.1) is 6.04 Å². The molecule has 2 aliphatic rings. The van der Waals surface area contributed by atoms with Crippen molar-refractivity contribution in [3.63, 3.8) is 0 Å². The first-order chi connectivity index (χ1) is 6.18. The highest BCUT2D eigenvalue weighted by atomic mass is 16.4. The molecule has 0 aromatic heterocycles. The van der Waals surface area contributed by atoms with E-state index in [0.29, 0.717) is 6.42 Å². The fraction of sp³-hybridized carbons (Fsp3) is 0.778. The Balaban J connectivity index is 2.15. The number of hydrogen-bond donors (Lipinski definition) is 2. The summed E-state index contributed by atoms with van der Waals surface area (Å²) in [4.78, 5) is 22.3. The van der Waals surface area contributed by atoms with E-state index in [1.165, 1.54) is 0 Å². The number of carboxylic acids is 1. The van der Waals surface area contributed by atoms with Crippen LogP contribution in [-0.4, -0.2) is 28.9 Å². The van der Waals surface area contributed by atoms with Gasteiger partial charge in [0.25, 0.3) is 0 Å². The van der Waals surface area contributed by atoms with Crippen LogP contribution in [0.25, 0.3) is 0 Å². The summed E-state index contributed by atoms with van der Waals surface area (Å²) in [7, 11) is 0. The number of piperidine rings is 2. The van der Waals surface area contributed by atoms with Crippen LogP contribution in [0.3, 0.4) is 0 Å². The summed E-state index contributed by atoms with van der Waals surface area (Å²) in [5.74, 6) is -1.83. The maximum absolute atomic E-state index is 11.5. The molecule has 2 bridgehead atoms. The van der Waals surface area contributed by atoms with Crippen LogP contribution in [0.4, 0.5) is 0 Å². The molecule has 0 saturated carbocycles. The Morgan fingerprint density at radius 1 is 1.46 bits per heavy atom. The zero-order chi connectivity index (χ0) is 9.42. The molecule has 0 radical (unpaired) electrons. The fourth-order valence-electron chi connectivity index (χ4n) is 2.30. The van der Waals surface area contributed by atoms with Crippen molar-refractivity contribution in [2.45, 2.75) is 37.8 Å². The van der Waals surface area contributed by atoms with E-state index in [9.17, 15) is 9.59 Å². The number of rotatable bonds is 1. The predicted octanol–water partition coefficient (Wildman–Crippen LogP) is 0.171. The third kappa shape index (κ3) is 1.46. The zero-order valence-electron chi connectivity index (χ0n) is 7.32. The van der Waals surface area contributed by atoms with Crippen LogP contribution in [0.5, 0.6) is 0 Å². The fourth-order valence-corrected chi connectivity index (χ4v) is 2.30. The van der Waals surface area contributed by atoms with Gasteiger partial charge in [-0.25, -0.2) is 0 Å². The summed E-state index contributed by atoms with van der Waals surface area (Å²) in [5.41, 5.74) is 0. The van der Waals surface area contributed by atoms with E-state index in [0.717, 1.165) is 19.3 Å². The molecule has 13 heavy (non-hydrogen) atoms. The number of carbonyl (C=O) groups excluding carboxylic acids is 1. The molecule has 2 fully saturated rings. The van der Waals surface area contributed by atoms with Crippen LogP contribution in [0.1, 0.15) is 25.7 Å². The van der Waals surface area contributed by atoms with Gasteiger partial charge in [0, 0.05) is 6.04 Å². The minimum Gasteiger partial charge on any atom is -0.481 e.